The van der Waals surface area contributed by atoms with Crippen LogP contribution >= 0.6 is 0 Å². The summed E-state index contributed by atoms with van der Waals surface area (Å²) in [4.78, 5) is 52.7. The number of rotatable bonds is 3. The molecule has 1 unspecified atom stereocenters. The Kier molecular flexibility index (Phi) is 8.01. The molecule has 1 fully saturated rings. The van der Waals surface area contributed by atoms with Crippen LogP contribution in [-0.2, 0) is 14.4 Å². The summed E-state index contributed by atoms with van der Waals surface area (Å²) in [7, 11) is 0. The zero-order valence-corrected chi connectivity index (χ0v) is 19.5. The number of nitrogens with zero attached hydrogens (tertiary/aromatic N) is 3. The highest BCUT2D eigenvalue weighted by atomic mass is 16.4. The predicted octanol–water partition coefficient (Wildman–Crippen LogP) is 0.533. The van der Waals surface area contributed by atoms with Crippen molar-refractivity contribution in [2.75, 3.05) is 13.1 Å². The van der Waals surface area contributed by atoms with Crippen LogP contribution in [0.4, 0.5) is 4.79 Å². The molecule has 1 saturated heterocycles. The maximum atomic E-state index is 13.0. The Hall–Kier alpha value is -3.02. The van der Waals surface area contributed by atoms with Gasteiger partial charge in [-0.15, -0.1) is 10.2 Å². The standard InChI is InChI=1S/C21H33N7O5/c1-5-13-20-27-26-19(33-20)12(4)23-21(32)25-17(30)14(9-11(2)3)24-18(31)15-7-6-8-28(15)16(29)10-22-13/h11-15,22H,5-10H2,1-4H3,(H,24,31)(H2,23,25,30,32)/t12-,13?,14-,15-/m0/s1. The van der Waals surface area contributed by atoms with Crippen molar-refractivity contribution in [2.24, 2.45) is 5.92 Å². The summed E-state index contributed by atoms with van der Waals surface area (Å²) < 4.78 is 5.71. The Morgan fingerprint density at radius 2 is 1.79 bits per heavy atom. The molecule has 12 nitrogen and oxygen atoms in total. The highest BCUT2D eigenvalue weighted by molar-refractivity contribution is 5.99. The monoisotopic (exact) mass is 463 g/mol. The molecule has 0 radical (unpaired) electrons. The third kappa shape index (κ3) is 6.06. The minimum Gasteiger partial charge on any atom is -0.421 e. The van der Waals surface area contributed by atoms with Gasteiger partial charge in [0.1, 0.15) is 18.1 Å². The van der Waals surface area contributed by atoms with Gasteiger partial charge in [-0.2, -0.15) is 0 Å². The largest absolute Gasteiger partial charge is 0.421 e. The number of fused-ring (bicyclic) bond motifs is 3. The molecule has 1 aromatic rings. The van der Waals surface area contributed by atoms with E-state index in [-0.39, 0.29) is 30.3 Å². The van der Waals surface area contributed by atoms with Crippen LogP contribution in [0.25, 0.3) is 0 Å². The zero-order chi connectivity index (χ0) is 24.1. The first kappa shape index (κ1) is 24.6. The average Bonchev–Trinajstić information content (AvgIpc) is 3.42. The molecule has 3 heterocycles. The van der Waals surface area contributed by atoms with E-state index in [4.69, 9.17) is 4.42 Å². The van der Waals surface area contributed by atoms with Gasteiger partial charge in [0, 0.05) is 6.54 Å². The highest BCUT2D eigenvalue weighted by Crippen LogP contribution is 2.21. The lowest BCUT2D eigenvalue weighted by Crippen LogP contribution is -2.55. The maximum Gasteiger partial charge on any atom is 0.322 e. The van der Waals surface area contributed by atoms with Crippen LogP contribution < -0.4 is 21.3 Å². The molecule has 182 valence electrons. The number of carbonyl (C=O) groups excluding carboxylic acids is 4. The number of nitrogens with one attached hydrogen (secondary N) is 4. The van der Waals surface area contributed by atoms with E-state index in [1.165, 1.54) is 4.90 Å². The van der Waals surface area contributed by atoms with Crippen LogP contribution in [-0.4, -0.2) is 64.0 Å². The minimum absolute atomic E-state index is 0.00218. The van der Waals surface area contributed by atoms with Gasteiger partial charge in [-0.3, -0.25) is 25.0 Å². The molecule has 12 heteroatoms. The van der Waals surface area contributed by atoms with E-state index in [1.54, 1.807) is 6.92 Å². The Balaban J connectivity index is 1.88. The number of urea groups is 1. The Labute approximate surface area is 192 Å². The van der Waals surface area contributed by atoms with Crippen LogP contribution in [0.2, 0.25) is 0 Å². The fourth-order valence-electron chi connectivity index (χ4n) is 4.08. The van der Waals surface area contributed by atoms with Crippen molar-refractivity contribution in [1.82, 2.24) is 36.4 Å². The number of carbonyl (C=O) groups is 4. The first-order valence-electron chi connectivity index (χ1n) is 11.5. The summed E-state index contributed by atoms with van der Waals surface area (Å²) in [5, 5.41) is 18.8. The van der Waals surface area contributed by atoms with Gasteiger partial charge in [0.2, 0.25) is 23.6 Å². The van der Waals surface area contributed by atoms with Crippen LogP contribution in [0.15, 0.2) is 4.42 Å². The lowest BCUT2D eigenvalue weighted by Gasteiger charge is -2.27. The Morgan fingerprint density at radius 3 is 2.48 bits per heavy atom. The molecular formula is C21H33N7O5. The second-order valence-electron chi connectivity index (χ2n) is 8.94. The van der Waals surface area contributed by atoms with Crippen LogP contribution in [0.1, 0.15) is 77.2 Å². The predicted molar refractivity (Wildman–Crippen MR) is 117 cm³/mol. The van der Waals surface area contributed by atoms with E-state index in [9.17, 15) is 19.2 Å². The zero-order valence-electron chi connectivity index (χ0n) is 19.5. The van der Waals surface area contributed by atoms with Crippen LogP contribution in [0, 0.1) is 5.92 Å². The SMILES string of the molecule is CCC1NCC(=O)N2CCC[C@H]2C(=O)N[C@@H](CC(C)C)C(=O)NC(=O)N[C@@H](C)c2nnc1o2. The van der Waals surface area contributed by atoms with Gasteiger partial charge in [-0.25, -0.2) is 4.79 Å². The van der Waals surface area contributed by atoms with Crippen molar-refractivity contribution in [3.63, 3.8) is 0 Å². The van der Waals surface area contributed by atoms with Gasteiger partial charge in [-0.05, 0) is 38.5 Å². The van der Waals surface area contributed by atoms with Gasteiger partial charge >= 0.3 is 6.03 Å². The molecule has 0 saturated carbocycles. The third-order valence-corrected chi connectivity index (χ3v) is 5.83. The maximum absolute atomic E-state index is 13.0. The Bertz CT molecular complexity index is 886. The van der Waals surface area contributed by atoms with E-state index in [1.807, 2.05) is 20.8 Å². The molecule has 4 atom stereocenters. The summed E-state index contributed by atoms with van der Waals surface area (Å²) in [5.74, 6) is -0.679. The van der Waals surface area contributed by atoms with Gasteiger partial charge in [0.15, 0.2) is 0 Å². The van der Waals surface area contributed by atoms with E-state index in [0.717, 1.165) is 0 Å². The molecule has 3 rings (SSSR count). The number of amides is 5. The van der Waals surface area contributed by atoms with Crippen molar-refractivity contribution >= 4 is 23.8 Å². The van der Waals surface area contributed by atoms with Crippen LogP contribution in [0.3, 0.4) is 0 Å². The fraction of sp³-hybridized carbons (Fsp3) is 0.714. The first-order chi connectivity index (χ1) is 15.7. The van der Waals surface area contributed by atoms with Crippen molar-refractivity contribution in [3.05, 3.63) is 11.8 Å². The summed E-state index contributed by atoms with van der Waals surface area (Å²) in [5.41, 5.74) is 0. The normalized spacial score (nSPS) is 27.6. The molecule has 5 amide bonds. The van der Waals surface area contributed by atoms with Gasteiger partial charge < -0.3 is 20.0 Å². The van der Waals surface area contributed by atoms with E-state index in [0.29, 0.717) is 38.1 Å². The molecule has 2 bridgehead atoms. The van der Waals surface area contributed by atoms with Crippen molar-refractivity contribution in [3.8, 4) is 0 Å². The molecule has 33 heavy (non-hydrogen) atoms. The summed E-state index contributed by atoms with van der Waals surface area (Å²) in [6.07, 6.45) is 2.13. The number of aromatic nitrogens is 2. The Morgan fingerprint density at radius 1 is 1.06 bits per heavy atom. The van der Waals surface area contributed by atoms with E-state index < -0.39 is 36.0 Å². The molecule has 2 aliphatic rings. The van der Waals surface area contributed by atoms with Gasteiger partial charge in [0.05, 0.1) is 12.6 Å². The highest BCUT2D eigenvalue weighted by Gasteiger charge is 2.36. The molecule has 0 aromatic carbocycles. The van der Waals surface area contributed by atoms with E-state index >= 15 is 0 Å². The molecule has 4 N–H and O–H groups in total. The number of hydrogen-bond donors (Lipinski definition) is 4. The summed E-state index contributed by atoms with van der Waals surface area (Å²) in [6, 6.07) is -3.33. The van der Waals surface area contributed by atoms with Gasteiger partial charge in [0.25, 0.3) is 5.91 Å². The third-order valence-electron chi connectivity index (χ3n) is 5.83. The van der Waals surface area contributed by atoms with Crippen molar-refractivity contribution in [2.45, 2.75) is 77.5 Å². The second kappa shape index (κ2) is 10.7. The first-order valence-corrected chi connectivity index (χ1v) is 11.5. The van der Waals surface area contributed by atoms with Crippen molar-refractivity contribution in [1.29, 1.82) is 0 Å². The fourth-order valence-corrected chi connectivity index (χ4v) is 4.08. The summed E-state index contributed by atoms with van der Waals surface area (Å²) in [6.45, 7) is 7.85. The number of hydrogen-bond acceptors (Lipinski definition) is 8. The van der Waals surface area contributed by atoms with Gasteiger partial charge in [-0.1, -0.05) is 20.8 Å². The molecular weight excluding hydrogens is 430 g/mol. The molecule has 2 aliphatic heterocycles. The van der Waals surface area contributed by atoms with Crippen molar-refractivity contribution < 1.29 is 23.6 Å². The minimum atomic E-state index is -0.913. The second-order valence-corrected chi connectivity index (χ2v) is 8.94. The topological polar surface area (TPSA) is 159 Å². The quantitative estimate of drug-likeness (QED) is 0.505. The number of imide groups is 1. The lowest BCUT2D eigenvalue weighted by molar-refractivity contribution is -0.139. The average molecular weight is 464 g/mol. The molecule has 0 aliphatic carbocycles. The lowest BCUT2D eigenvalue weighted by atomic mass is 10.0. The smallest absolute Gasteiger partial charge is 0.322 e. The summed E-state index contributed by atoms with van der Waals surface area (Å²) >= 11 is 0. The van der Waals surface area contributed by atoms with E-state index in [2.05, 4.69) is 31.5 Å². The molecule has 1 aromatic heterocycles. The van der Waals surface area contributed by atoms with Crippen LogP contribution in [0.5, 0.6) is 0 Å². The molecule has 0 spiro atoms.